The fourth-order valence-electron chi connectivity index (χ4n) is 2.44. The number of hydrogen-bond donors (Lipinski definition) is 2. The van der Waals surface area contributed by atoms with E-state index in [1.165, 1.54) is 0 Å². The lowest BCUT2D eigenvalue weighted by Gasteiger charge is -2.18. The van der Waals surface area contributed by atoms with E-state index >= 15 is 0 Å². The highest BCUT2D eigenvalue weighted by Crippen LogP contribution is 2.21. The van der Waals surface area contributed by atoms with Gasteiger partial charge in [-0.3, -0.25) is 4.79 Å². The molecule has 0 saturated heterocycles. The number of carbonyl (C=O) groups excluding carboxylic acids is 1. The molecule has 5 heteroatoms. The van der Waals surface area contributed by atoms with E-state index in [1.54, 1.807) is 30.3 Å². The standard InChI is InChI=1S/C19H25N3O2/c1-3-22(4-2)10-11-24-16-7-5-6-14(12-16)19(23)15-8-9-17(20)18(21)13-15/h5-9,12-13H,3-4,10-11,20-21H2,1-2H3. The molecule has 0 saturated carbocycles. The lowest BCUT2D eigenvalue weighted by Crippen LogP contribution is -2.27. The van der Waals surface area contributed by atoms with Crippen LogP contribution in [0.25, 0.3) is 0 Å². The van der Waals surface area contributed by atoms with Crippen LogP contribution < -0.4 is 16.2 Å². The number of nitrogens with zero attached hydrogens (tertiary/aromatic N) is 1. The number of ketones is 1. The molecule has 2 aromatic rings. The maximum Gasteiger partial charge on any atom is 0.193 e. The Bertz CT molecular complexity index is 697. The molecule has 0 aliphatic heterocycles. The van der Waals surface area contributed by atoms with Crippen molar-refractivity contribution in [1.29, 1.82) is 0 Å². The van der Waals surface area contributed by atoms with Crippen LogP contribution >= 0.6 is 0 Å². The third-order valence-electron chi connectivity index (χ3n) is 4.02. The Morgan fingerprint density at radius 3 is 2.38 bits per heavy atom. The molecule has 2 rings (SSSR count). The molecule has 0 aliphatic carbocycles. The number of likely N-dealkylation sites (N-methyl/N-ethyl adjacent to an activating group) is 1. The number of nitrogen functional groups attached to an aromatic ring is 2. The van der Waals surface area contributed by atoms with Crippen molar-refractivity contribution in [1.82, 2.24) is 4.90 Å². The molecule has 0 radical (unpaired) electrons. The molecule has 0 spiro atoms. The Labute approximate surface area is 143 Å². The molecule has 0 unspecified atom stereocenters. The summed E-state index contributed by atoms with van der Waals surface area (Å²) < 4.78 is 5.77. The first kappa shape index (κ1) is 17.8. The lowest BCUT2D eigenvalue weighted by atomic mass is 10.0. The van der Waals surface area contributed by atoms with E-state index in [0.717, 1.165) is 19.6 Å². The van der Waals surface area contributed by atoms with Crippen LogP contribution in [0.1, 0.15) is 29.8 Å². The Morgan fingerprint density at radius 1 is 1.00 bits per heavy atom. The van der Waals surface area contributed by atoms with E-state index in [2.05, 4.69) is 18.7 Å². The smallest absolute Gasteiger partial charge is 0.193 e. The van der Waals surface area contributed by atoms with Crippen LogP contribution in [0, 0.1) is 0 Å². The van der Waals surface area contributed by atoms with Crippen LogP contribution in [0.3, 0.4) is 0 Å². The molecule has 0 bridgehead atoms. The minimum atomic E-state index is -0.101. The van der Waals surface area contributed by atoms with Crippen molar-refractivity contribution in [3.8, 4) is 5.75 Å². The zero-order valence-corrected chi connectivity index (χ0v) is 14.3. The fourth-order valence-corrected chi connectivity index (χ4v) is 2.44. The van der Waals surface area contributed by atoms with Crippen molar-refractivity contribution in [3.63, 3.8) is 0 Å². The van der Waals surface area contributed by atoms with Crippen LogP contribution in [-0.4, -0.2) is 36.9 Å². The van der Waals surface area contributed by atoms with E-state index in [1.807, 2.05) is 12.1 Å². The average molecular weight is 327 g/mol. The topological polar surface area (TPSA) is 81.6 Å². The second-order valence-corrected chi connectivity index (χ2v) is 5.58. The maximum atomic E-state index is 12.6. The van der Waals surface area contributed by atoms with Crippen molar-refractivity contribution < 1.29 is 9.53 Å². The monoisotopic (exact) mass is 327 g/mol. The summed E-state index contributed by atoms with van der Waals surface area (Å²) in [6.45, 7) is 7.70. The Kier molecular flexibility index (Phi) is 6.21. The van der Waals surface area contributed by atoms with Crippen LogP contribution in [0.5, 0.6) is 5.75 Å². The van der Waals surface area contributed by atoms with Gasteiger partial charge in [0.1, 0.15) is 12.4 Å². The lowest BCUT2D eigenvalue weighted by molar-refractivity contribution is 0.103. The summed E-state index contributed by atoms with van der Waals surface area (Å²) in [5.74, 6) is 0.590. The van der Waals surface area contributed by atoms with Crippen LogP contribution in [0.15, 0.2) is 42.5 Å². The van der Waals surface area contributed by atoms with E-state index < -0.39 is 0 Å². The van der Waals surface area contributed by atoms with Crippen molar-refractivity contribution in [3.05, 3.63) is 53.6 Å². The van der Waals surface area contributed by atoms with Crippen molar-refractivity contribution >= 4 is 17.2 Å². The SMILES string of the molecule is CCN(CC)CCOc1cccc(C(=O)c2ccc(N)c(N)c2)c1. The predicted molar refractivity (Wildman–Crippen MR) is 98.4 cm³/mol. The molecule has 0 atom stereocenters. The van der Waals surface area contributed by atoms with Gasteiger partial charge in [-0.15, -0.1) is 0 Å². The van der Waals surface area contributed by atoms with Gasteiger partial charge < -0.3 is 21.1 Å². The number of anilines is 2. The summed E-state index contributed by atoms with van der Waals surface area (Å²) in [4.78, 5) is 14.9. The molecule has 2 aromatic carbocycles. The molecule has 4 N–H and O–H groups in total. The first-order chi connectivity index (χ1) is 11.5. The number of rotatable bonds is 8. The molecular formula is C19H25N3O2. The van der Waals surface area contributed by atoms with Gasteiger partial charge in [-0.25, -0.2) is 0 Å². The normalized spacial score (nSPS) is 10.8. The third kappa shape index (κ3) is 4.49. The number of nitrogens with two attached hydrogens (primary N) is 2. The fraction of sp³-hybridized carbons (Fsp3) is 0.316. The van der Waals surface area contributed by atoms with Gasteiger partial charge in [-0.2, -0.15) is 0 Å². The minimum absolute atomic E-state index is 0.101. The Hall–Kier alpha value is -2.53. The molecule has 0 fully saturated rings. The summed E-state index contributed by atoms with van der Waals surface area (Å²) in [5, 5.41) is 0. The van der Waals surface area contributed by atoms with Gasteiger partial charge in [0.25, 0.3) is 0 Å². The second kappa shape index (κ2) is 8.36. The largest absolute Gasteiger partial charge is 0.492 e. The summed E-state index contributed by atoms with van der Waals surface area (Å²) in [7, 11) is 0. The maximum absolute atomic E-state index is 12.6. The molecule has 0 aliphatic rings. The summed E-state index contributed by atoms with van der Waals surface area (Å²) in [6.07, 6.45) is 0. The first-order valence-electron chi connectivity index (χ1n) is 8.20. The highest BCUT2D eigenvalue weighted by Gasteiger charge is 2.11. The highest BCUT2D eigenvalue weighted by molar-refractivity contribution is 6.10. The first-order valence-corrected chi connectivity index (χ1v) is 8.20. The summed E-state index contributed by atoms with van der Waals surface area (Å²) >= 11 is 0. The Balaban J connectivity index is 2.06. The average Bonchev–Trinajstić information content (AvgIpc) is 2.61. The summed E-state index contributed by atoms with van der Waals surface area (Å²) in [5.41, 5.74) is 13.4. The third-order valence-corrected chi connectivity index (χ3v) is 4.02. The van der Waals surface area contributed by atoms with Gasteiger partial charge in [0, 0.05) is 17.7 Å². The number of ether oxygens (including phenoxy) is 1. The van der Waals surface area contributed by atoms with E-state index in [-0.39, 0.29) is 5.78 Å². The van der Waals surface area contributed by atoms with Crippen LogP contribution in [-0.2, 0) is 0 Å². The summed E-state index contributed by atoms with van der Waals surface area (Å²) in [6, 6.07) is 12.1. The van der Waals surface area contributed by atoms with Gasteiger partial charge in [0.15, 0.2) is 5.78 Å². The van der Waals surface area contributed by atoms with Gasteiger partial charge >= 0.3 is 0 Å². The minimum Gasteiger partial charge on any atom is -0.492 e. The molecule has 0 aromatic heterocycles. The van der Waals surface area contributed by atoms with Gasteiger partial charge in [0.05, 0.1) is 11.4 Å². The second-order valence-electron chi connectivity index (χ2n) is 5.58. The van der Waals surface area contributed by atoms with Crippen LogP contribution in [0.2, 0.25) is 0 Å². The number of hydrogen-bond acceptors (Lipinski definition) is 5. The van der Waals surface area contributed by atoms with E-state index in [0.29, 0.717) is 34.9 Å². The van der Waals surface area contributed by atoms with Gasteiger partial charge in [0.2, 0.25) is 0 Å². The van der Waals surface area contributed by atoms with E-state index in [9.17, 15) is 4.79 Å². The molecular weight excluding hydrogens is 302 g/mol. The molecule has 24 heavy (non-hydrogen) atoms. The molecule has 128 valence electrons. The van der Waals surface area contributed by atoms with Crippen LogP contribution in [0.4, 0.5) is 11.4 Å². The molecule has 0 amide bonds. The quantitative estimate of drug-likeness (QED) is 0.575. The number of benzene rings is 2. The van der Waals surface area contributed by atoms with Crippen molar-refractivity contribution in [2.45, 2.75) is 13.8 Å². The predicted octanol–water partition coefficient (Wildman–Crippen LogP) is 2.80. The van der Waals surface area contributed by atoms with Crippen molar-refractivity contribution in [2.75, 3.05) is 37.7 Å². The van der Waals surface area contributed by atoms with Gasteiger partial charge in [-0.1, -0.05) is 26.0 Å². The zero-order valence-electron chi connectivity index (χ0n) is 14.3. The van der Waals surface area contributed by atoms with E-state index in [4.69, 9.17) is 16.2 Å². The number of carbonyl (C=O) groups is 1. The van der Waals surface area contributed by atoms with Gasteiger partial charge in [-0.05, 0) is 43.4 Å². The zero-order chi connectivity index (χ0) is 17.5. The molecule has 5 nitrogen and oxygen atoms in total. The van der Waals surface area contributed by atoms with Crippen molar-refractivity contribution in [2.24, 2.45) is 0 Å². The highest BCUT2D eigenvalue weighted by atomic mass is 16.5. The Morgan fingerprint density at radius 2 is 1.71 bits per heavy atom. The molecule has 0 heterocycles.